The topological polar surface area (TPSA) is 170 Å². The van der Waals surface area contributed by atoms with Gasteiger partial charge >= 0.3 is 12.4 Å². The molecule has 4 heterocycles. The molecule has 18 heteroatoms. The molecule has 0 aliphatic rings. The molecule has 52 heavy (non-hydrogen) atoms. The number of aromatic nitrogens is 6. The average molecular weight is 727 g/mol. The lowest BCUT2D eigenvalue weighted by molar-refractivity contribution is -0.138. The number of nitrogens with zero attached hydrogens (tertiary/aromatic N) is 4. The van der Waals surface area contributed by atoms with Gasteiger partial charge in [-0.2, -0.15) is 26.3 Å². The number of ketones is 2. The number of ether oxygens (including phenoxy) is 2. The molecule has 0 radical (unpaired) electrons. The van der Waals surface area contributed by atoms with Crippen LogP contribution in [0.4, 0.5) is 26.3 Å². The number of alkyl halides is 6. The normalized spacial score (nSPS) is 11.5. The first kappa shape index (κ1) is 36.8. The Labute approximate surface area is 287 Å². The predicted molar refractivity (Wildman–Crippen MR) is 172 cm³/mol. The van der Waals surface area contributed by atoms with Gasteiger partial charge in [-0.15, -0.1) is 10.2 Å². The Kier molecular flexibility index (Phi) is 10.5. The van der Waals surface area contributed by atoms with Crippen LogP contribution in [0.1, 0.15) is 43.2 Å². The van der Waals surface area contributed by atoms with E-state index >= 15 is 0 Å². The van der Waals surface area contributed by atoms with E-state index in [-0.39, 0.29) is 57.9 Å². The van der Waals surface area contributed by atoms with Crippen LogP contribution in [-0.2, 0) is 25.2 Å². The fourth-order valence-corrected chi connectivity index (χ4v) is 4.98. The van der Waals surface area contributed by atoms with Crippen LogP contribution in [0.5, 0.6) is 11.8 Å². The van der Waals surface area contributed by atoms with Crippen molar-refractivity contribution >= 4 is 33.1 Å². The molecule has 6 aromatic rings. The molecule has 268 valence electrons. The van der Waals surface area contributed by atoms with Gasteiger partial charge in [0, 0.05) is 34.9 Å². The van der Waals surface area contributed by atoms with Crippen LogP contribution in [0.2, 0.25) is 0 Å². The van der Waals surface area contributed by atoms with Crippen molar-refractivity contribution in [3.8, 4) is 11.8 Å². The van der Waals surface area contributed by atoms with E-state index in [4.69, 9.17) is 9.47 Å². The molecule has 4 aromatic heterocycles. The maximum atomic E-state index is 12.8. The van der Waals surface area contributed by atoms with Crippen LogP contribution in [-0.4, -0.2) is 56.1 Å². The first-order chi connectivity index (χ1) is 24.6. The molecule has 0 aliphatic carbocycles. The van der Waals surface area contributed by atoms with E-state index in [9.17, 15) is 45.5 Å². The summed E-state index contributed by atoms with van der Waals surface area (Å²) in [6.45, 7) is 0. The molecule has 0 fully saturated rings. The lowest BCUT2D eigenvalue weighted by Gasteiger charge is -2.08. The molecule has 0 aliphatic heterocycles. The summed E-state index contributed by atoms with van der Waals surface area (Å²) in [7, 11) is 2.75. The summed E-state index contributed by atoms with van der Waals surface area (Å²) in [5.41, 5.74) is -2.32. The SMILES string of the molecule is COc1n[nH]c(=O)c2cc(C(=O)Cc3cc(C(F)(F)F)ccn3)ccc12.COc1n[nH]c(=O)c2ccc(C(=O)Cc3cc(C(F)(F)F)ccn3)cc12. The van der Waals surface area contributed by atoms with Crippen molar-refractivity contribution in [2.45, 2.75) is 25.2 Å². The number of methoxy groups -OCH3 is 2. The summed E-state index contributed by atoms with van der Waals surface area (Å²) >= 11 is 0. The van der Waals surface area contributed by atoms with Crippen LogP contribution in [0.3, 0.4) is 0 Å². The number of fused-ring (bicyclic) bond motifs is 2. The molecule has 0 saturated heterocycles. The summed E-state index contributed by atoms with van der Waals surface area (Å²) in [4.78, 5) is 56.1. The summed E-state index contributed by atoms with van der Waals surface area (Å²) in [6, 6.07) is 11.9. The van der Waals surface area contributed by atoms with Crippen molar-refractivity contribution in [2.24, 2.45) is 0 Å². The number of benzene rings is 2. The Morgan fingerprint density at radius 1 is 0.596 bits per heavy atom. The molecule has 0 bridgehead atoms. The monoisotopic (exact) mass is 726 g/mol. The van der Waals surface area contributed by atoms with E-state index in [1.165, 1.54) is 50.6 Å². The Morgan fingerprint density at radius 3 is 1.48 bits per heavy atom. The van der Waals surface area contributed by atoms with E-state index < -0.39 is 46.2 Å². The molecule has 0 unspecified atom stereocenters. The molecule has 0 spiro atoms. The van der Waals surface area contributed by atoms with Crippen molar-refractivity contribution in [3.63, 3.8) is 0 Å². The van der Waals surface area contributed by atoms with Crippen LogP contribution in [0.15, 0.2) is 82.6 Å². The Balaban J connectivity index is 0.000000201. The molecule has 0 atom stereocenters. The molecule has 12 nitrogen and oxygen atoms in total. The lowest BCUT2D eigenvalue weighted by atomic mass is 10.0. The number of hydrogen-bond donors (Lipinski definition) is 2. The number of H-pyrrole nitrogens is 2. The zero-order valence-corrected chi connectivity index (χ0v) is 26.8. The van der Waals surface area contributed by atoms with Gasteiger partial charge in [-0.1, -0.05) is 12.1 Å². The summed E-state index contributed by atoms with van der Waals surface area (Å²) in [5.74, 6) is -0.584. The highest BCUT2D eigenvalue weighted by atomic mass is 19.4. The van der Waals surface area contributed by atoms with E-state index in [0.717, 1.165) is 36.7 Å². The van der Waals surface area contributed by atoms with Crippen molar-refractivity contribution in [1.82, 2.24) is 30.4 Å². The van der Waals surface area contributed by atoms with E-state index in [2.05, 4.69) is 30.4 Å². The molecular weight excluding hydrogens is 702 g/mol. The lowest BCUT2D eigenvalue weighted by Crippen LogP contribution is -2.12. The maximum Gasteiger partial charge on any atom is 0.416 e. The predicted octanol–water partition coefficient (Wildman–Crippen LogP) is 5.54. The number of nitrogens with one attached hydrogen (secondary N) is 2. The fraction of sp³-hybridized carbons (Fsp3) is 0.176. The zero-order chi connectivity index (χ0) is 37.8. The smallest absolute Gasteiger partial charge is 0.416 e. The van der Waals surface area contributed by atoms with Crippen molar-refractivity contribution in [3.05, 3.63) is 127 Å². The number of aromatic amines is 2. The minimum atomic E-state index is -4.51. The molecule has 2 aromatic carbocycles. The highest BCUT2D eigenvalue weighted by molar-refractivity contribution is 6.02. The highest BCUT2D eigenvalue weighted by Gasteiger charge is 2.32. The molecular formula is C34H24F6N6O6. The fourth-order valence-electron chi connectivity index (χ4n) is 4.98. The quantitative estimate of drug-likeness (QED) is 0.150. The Morgan fingerprint density at radius 2 is 1.02 bits per heavy atom. The first-order valence-corrected chi connectivity index (χ1v) is 14.8. The number of carbonyl (C=O) groups is 2. The van der Waals surface area contributed by atoms with Crippen LogP contribution < -0.4 is 20.6 Å². The minimum absolute atomic E-state index is 0.000853. The molecule has 2 N–H and O–H groups in total. The van der Waals surface area contributed by atoms with Gasteiger partial charge in [0.05, 0.1) is 59.7 Å². The average Bonchev–Trinajstić information content (AvgIpc) is 3.11. The second kappa shape index (κ2) is 14.8. The molecule has 0 saturated carbocycles. The van der Waals surface area contributed by atoms with Gasteiger partial charge in [0.15, 0.2) is 11.6 Å². The Hall–Kier alpha value is -6.46. The second-order valence-electron chi connectivity index (χ2n) is 10.9. The number of pyridine rings is 2. The van der Waals surface area contributed by atoms with Gasteiger partial charge in [-0.25, -0.2) is 10.2 Å². The number of hydrogen-bond acceptors (Lipinski definition) is 10. The minimum Gasteiger partial charge on any atom is -0.480 e. The number of carbonyl (C=O) groups excluding carboxylic acids is 2. The van der Waals surface area contributed by atoms with Crippen LogP contribution in [0.25, 0.3) is 21.5 Å². The third-order valence-electron chi connectivity index (χ3n) is 7.51. The number of rotatable bonds is 8. The van der Waals surface area contributed by atoms with Gasteiger partial charge in [-0.05, 0) is 48.5 Å². The molecule has 6 rings (SSSR count). The summed E-state index contributed by atoms with van der Waals surface area (Å²) in [5, 5.41) is 13.2. The third-order valence-corrected chi connectivity index (χ3v) is 7.51. The van der Waals surface area contributed by atoms with Crippen LogP contribution in [0, 0.1) is 0 Å². The third kappa shape index (κ3) is 8.28. The van der Waals surface area contributed by atoms with Gasteiger partial charge < -0.3 is 9.47 Å². The van der Waals surface area contributed by atoms with Crippen molar-refractivity contribution in [2.75, 3.05) is 14.2 Å². The van der Waals surface area contributed by atoms with Crippen molar-refractivity contribution < 1.29 is 45.4 Å². The summed E-state index contributed by atoms with van der Waals surface area (Å²) < 4.78 is 86.6. The van der Waals surface area contributed by atoms with Crippen LogP contribution >= 0.6 is 0 Å². The largest absolute Gasteiger partial charge is 0.480 e. The maximum absolute atomic E-state index is 12.8. The van der Waals surface area contributed by atoms with E-state index in [0.29, 0.717) is 10.8 Å². The van der Waals surface area contributed by atoms with Crippen molar-refractivity contribution in [1.29, 1.82) is 0 Å². The first-order valence-electron chi connectivity index (χ1n) is 14.8. The van der Waals surface area contributed by atoms with Gasteiger partial charge in [-0.3, -0.25) is 29.1 Å². The van der Waals surface area contributed by atoms with E-state index in [1.807, 2.05) is 0 Å². The van der Waals surface area contributed by atoms with E-state index in [1.54, 1.807) is 0 Å². The standard InChI is InChI=1S/2C17H12F3N3O3/c1-26-16-12-3-2-9(6-13(12)15(25)22-23-16)14(24)8-11-7-10(4-5-21-11)17(18,19)20;1-26-16-13-6-9(2-3-12(13)15(25)22-23-16)14(24)8-11-7-10(4-5-21-11)17(18,19)20/h2*2-7H,8H2,1H3,(H,22,25). The zero-order valence-electron chi connectivity index (χ0n) is 26.8. The number of halogens is 6. The Bertz CT molecular complexity index is 2430. The summed E-state index contributed by atoms with van der Waals surface area (Å²) in [6.07, 6.45) is -7.64. The highest BCUT2D eigenvalue weighted by Crippen LogP contribution is 2.30. The second-order valence-corrected chi connectivity index (χ2v) is 10.9. The number of Topliss-reactive ketones (excluding diaryl/α,β-unsaturated/α-hetero) is 2. The van der Waals surface area contributed by atoms with Gasteiger partial charge in [0.2, 0.25) is 11.8 Å². The van der Waals surface area contributed by atoms with Gasteiger partial charge in [0.25, 0.3) is 11.1 Å². The molecule has 0 amide bonds. The van der Waals surface area contributed by atoms with Gasteiger partial charge in [0.1, 0.15) is 0 Å².